The molecule has 106 valence electrons. The predicted molar refractivity (Wildman–Crippen MR) is 88.6 cm³/mol. The summed E-state index contributed by atoms with van der Waals surface area (Å²) in [6.07, 6.45) is 3.23. The van der Waals surface area contributed by atoms with Crippen molar-refractivity contribution in [3.05, 3.63) is 95.3 Å². The number of rotatable bonds is 4. The maximum Gasteiger partial charge on any atom is 0.0622 e. The van der Waals surface area contributed by atoms with E-state index >= 15 is 0 Å². The summed E-state index contributed by atoms with van der Waals surface area (Å²) in [4.78, 5) is 0. The van der Waals surface area contributed by atoms with E-state index in [1.165, 1.54) is 22.4 Å². The van der Waals surface area contributed by atoms with E-state index in [4.69, 9.17) is 0 Å². The molecule has 1 heteroatoms. The normalized spacial score (nSPS) is 12.3. The molecule has 3 rings (SSSR count). The largest absolute Gasteiger partial charge is 0.344 e. The van der Waals surface area contributed by atoms with Gasteiger partial charge in [0.05, 0.1) is 6.04 Å². The molecule has 0 aliphatic heterocycles. The molecule has 1 heterocycles. The first-order chi connectivity index (χ1) is 10.3. The standard InChI is InChI=1S/C20H21N/c1-16-13-14-21(17(16)2)20(19-11-7-4-8-12-19)15-18-9-5-3-6-10-18/h3-14,20H,15H2,1-2H3. The monoisotopic (exact) mass is 275 g/mol. The summed E-state index contributed by atoms with van der Waals surface area (Å²) in [6, 6.07) is 24.1. The molecule has 1 nitrogen and oxygen atoms in total. The van der Waals surface area contributed by atoms with Gasteiger partial charge in [-0.1, -0.05) is 60.7 Å². The van der Waals surface area contributed by atoms with Crippen LogP contribution in [0.15, 0.2) is 72.9 Å². The average Bonchev–Trinajstić information content (AvgIpc) is 2.87. The Morgan fingerprint density at radius 2 is 1.43 bits per heavy atom. The molecule has 0 N–H and O–H groups in total. The highest BCUT2D eigenvalue weighted by Gasteiger charge is 2.16. The SMILES string of the molecule is Cc1ccn(C(Cc2ccccc2)c2ccccc2)c1C. The van der Waals surface area contributed by atoms with Gasteiger partial charge in [-0.25, -0.2) is 0 Å². The molecule has 0 spiro atoms. The van der Waals surface area contributed by atoms with E-state index in [0.717, 1.165) is 6.42 Å². The van der Waals surface area contributed by atoms with E-state index in [9.17, 15) is 0 Å². The Balaban J connectivity index is 2.01. The van der Waals surface area contributed by atoms with Crippen molar-refractivity contribution in [2.45, 2.75) is 26.3 Å². The molecule has 0 amide bonds. The van der Waals surface area contributed by atoms with Gasteiger partial charge in [-0.15, -0.1) is 0 Å². The van der Waals surface area contributed by atoms with Crippen LogP contribution in [0.3, 0.4) is 0 Å². The minimum absolute atomic E-state index is 0.349. The van der Waals surface area contributed by atoms with Gasteiger partial charge in [0.2, 0.25) is 0 Å². The number of hydrogen-bond acceptors (Lipinski definition) is 0. The number of aromatic nitrogens is 1. The van der Waals surface area contributed by atoms with Crippen LogP contribution in [-0.2, 0) is 6.42 Å². The van der Waals surface area contributed by atoms with Crippen LogP contribution < -0.4 is 0 Å². The van der Waals surface area contributed by atoms with Gasteiger partial charge in [-0.05, 0) is 43.0 Å². The maximum atomic E-state index is 2.40. The number of hydrogen-bond donors (Lipinski definition) is 0. The number of benzene rings is 2. The van der Waals surface area contributed by atoms with E-state index in [1.54, 1.807) is 0 Å². The van der Waals surface area contributed by atoms with E-state index in [2.05, 4.69) is 91.3 Å². The van der Waals surface area contributed by atoms with Crippen LogP contribution in [0, 0.1) is 13.8 Å². The maximum absolute atomic E-state index is 2.40. The van der Waals surface area contributed by atoms with Crippen LogP contribution in [0.2, 0.25) is 0 Å². The Hall–Kier alpha value is -2.28. The molecule has 2 aromatic carbocycles. The van der Waals surface area contributed by atoms with Gasteiger partial charge >= 0.3 is 0 Å². The smallest absolute Gasteiger partial charge is 0.0622 e. The van der Waals surface area contributed by atoms with Crippen molar-refractivity contribution < 1.29 is 0 Å². The number of nitrogens with zero attached hydrogens (tertiary/aromatic N) is 1. The van der Waals surface area contributed by atoms with Crippen molar-refractivity contribution in [3.63, 3.8) is 0 Å². The molecule has 0 fully saturated rings. The Kier molecular flexibility index (Phi) is 3.92. The highest BCUT2D eigenvalue weighted by Crippen LogP contribution is 2.26. The van der Waals surface area contributed by atoms with Gasteiger partial charge in [-0.2, -0.15) is 0 Å². The van der Waals surface area contributed by atoms with E-state index < -0.39 is 0 Å². The van der Waals surface area contributed by atoms with Gasteiger partial charge in [0.1, 0.15) is 0 Å². The minimum atomic E-state index is 0.349. The highest BCUT2D eigenvalue weighted by atomic mass is 15.0. The van der Waals surface area contributed by atoms with Crippen molar-refractivity contribution in [2.75, 3.05) is 0 Å². The Morgan fingerprint density at radius 3 is 2.00 bits per heavy atom. The van der Waals surface area contributed by atoms with Crippen LogP contribution in [-0.4, -0.2) is 4.57 Å². The predicted octanol–water partition coefficient (Wildman–Crippen LogP) is 4.94. The van der Waals surface area contributed by atoms with Crippen LogP contribution in [0.5, 0.6) is 0 Å². The zero-order chi connectivity index (χ0) is 14.7. The molecule has 3 aromatic rings. The molecule has 0 aliphatic rings. The molecule has 0 saturated heterocycles. The molecular weight excluding hydrogens is 254 g/mol. The second-order valence-electron chi connectivity index (χ2n) is 5.61. The summed E-state index contributed by atoms with van der Waals surface area (Å²) in [5.41, 5.74) is 5.43. The Labute approximate surface area is 126 Å². The molecule has 0 aliphatic carbocycles. The molecule has 0 radical (unpaired) electrons. The summed E-state index contributed by atoms with van der Waals surface area (Å²) >= 11 is 0. The fraction of sp³-hybridized carbons (Fsp3) is 0.200. The van der Waals surface area contributed by atoms with E-state index in [-0.39, 0.29) is 0 Å². The first kappa shape index (κ1) is 13.7. The first-order valence-corrected chi connectivity index (χ1v) is 7.48. The lowest BCUT2D eigenvalue weighted by Gasteiger charge is -2.22. The van der Waals surface area contributed by atoms with Crippen molar-refractivity contribution in [3.8, 4) is 0 Å². The lowest BCUT2D eigenvalue weighted by molar-refractivity contribution is 0.570. The van der Waals surface area contributed by atoms with Gasteiger partial charge in [-0.3, -0.25) is 0 Å². The van der Waals surface area contributed by atoms with Crippen LogP contribution in [0.4, 0.5) is 0 Å². The third-order valence-corrected chi connectivity index (χ3v) is 4.24. The zero-order valence-corrected chi connectivity index (χ0v) is 12.7. The molecule has 0 bridgehead atoms. The lowest BCUT2D eigenvalue weighted by Crippen LogP contribution is -2.14. The van der Waals surface area contributed by atoms with E-state index in [0.29, 0.717) is 6.04 Å². The summed E-state index contributed by atoms with van der Waals surface area (Å²) in [5.74, 6) is 0. The summed E-state index contributed by atoms with van der Waals surface area (Å²) in [5, 5.41) is 0. The third-order valence-electron chi connectivity index (χ3n) is 4.24. The molecule has 21 heavy (non-hydrogen) atoms. The topological polar surface area (TPSA) is 4.93 Å². The summed E-state index contributed by atoms with van der Waals surface area (Å²) in [6.45, 7) is 4.38. The summed E-state index contributed by atoms with van der Waals surface area (Å²) in [7, 11) is 0. The van der Waals surface area contributed by atoms with Gasteiger partial charge in [0.25, 0.3) is 0 Å². The fourth-order valence-electron chi connectivity index (χ4n) is 2.86. The molecular formula is C20H21N. The van der Waals surface area contributed by atoms with Crippen molar-refractivity contribution in [1.82, 2.24) is 4.57 Å². The summed E-state index contributed by atoms with van der Waals surface area (Å²) < 4.78 is 2.40. The van der Waals surface area contributed by atoms with Crippen LogP contribution >= 0.6 is 0 Å². The Morgan fingerprint density at radius 1 is 0.810 bits per heavy atom. The van der Waals surface area contributed by atoms with Crippen molar-refractivity contribution in [2.24, 2.45) is 0 Å². The number of aryl methyl sites for hydroxylation is 1. The molecule has 0 saturated carbocycles. The first-order valence-electron chi connectivity index (χ1n) is 7.48. The second kappa shape index (κ2) is 6.01. The van der Waals surface area contributed by atoms with Gasteiger partial charge in [0.15, 0.2) is 0 Å². The second-order valence-corrected chi connectivity index (χ2v) is 5.61. The molecule has 1 atom stereocenters. The fourth-order valence-corrected chi connectivity index (χ4v) is 2.86. The van der Waals surface area contributed by atoms with Crippen LogP contribution in [0.25, 0.3) is 0 Å². The van der Waals surface area contributed by atoms with E-state index in [1.807, 2.05) is 0 Å². The van der Waals surface area contributed by atoms with Gasteiger partial charge in [0, 0.05) is 11.9 Å². The highest BCUT2D eigenvalue weighted by molar-refractivity contribution is 5.28. The average molecular weight is 275 g/mol. The lowest BCUT2D eigenvalue weighted by atomic mass is 9.98. The third kappa shape index (κ3) is 2.92. The van der Waals surface area contributed by atoms with Gasteiger partial charge < -0.3 is 4.57 Å². The Bertz CT molecular complexity index is 695. The quantitative estimate of drug-likeness (QED) is 0.635. The minimum Gasteiger partial charge on any atom is -0.344 e. The zero-order valence-electron chi connectivity index (χ0n) is 12.7. The van der Waals surface area contributed by atoms with Crippen molar-refractivity contribution >= 4 is 0 Å². The van der Waals surface area contributed by atoms with Crippen molar-refractivity contribution in [1.29, 1.82) is 0 Å². The molecule has 1 unspecified atom stereocenters. The van der Waals surface area contributed by atoms with Crippen LogP contribution in [0.1, 0.15) is 28.4 Å². The molecule has 1 aromatic heterocycles.